The van der Waals surface area contributed by atoms with Gasteiger partial charge in [0.05, 0.1) is 6.54 Å². The topological polar surface area (TPSA) is 63.8 Å². The fraction of sp³-hybridized carbons (Fsp3) is 0.364. The average Bonchev–Trinajstić information content (AvgIpc) is 2.78. The largest absolute Gasteiger partial charge is 0.364 e. The number of anilines is 1. The number of aromatic nitrogens is 3. The molecule has 0 amide bonds. The van der Waals surface area contributed by atoms with E-state index in [4.69, 9.17) is 16.1 Å². The van der Waals surface area contributed by atoms with Crippen LogP contribution in [-0.2, 0) is 6.54 Å². The predicted molar refractivity (Wildman–Crippen MR) is 65.0 cm³/mol. The molecule has 0 saturated heterocycles. The fourth-order valence-electron chi connectivity index (χ4n) is 1.29. The van der Waals surface area contributed by atoms with Crippen molar-refractivity contribution < 1.29 is 4.52 Å². The molecule has 0 unspecified atom stereocenters. The maximum Gasteiger partial charge on any atom is 0.135 e. The summed E-state index contributed by atoms with van der Waals surface area (Å²) in [6.45, 7) is 4.58. The molecule has 2 aromatic rings. The Balaban J connectivity index is 2.10. The first-order valence-corrected chi connectivity index (χ1v) is 5.70. The van der Waals surface area contributed by atoms with Gasteiger partial charge in [-0.05, 0) is 0 Å². The summed E-state index contributed by atoms with van der Waals surface area (Å²) in [6, 6.07) is 3.48. The monoisotopic (exact) mass is 252 g/mol. The van der Waals surface area contributed by atoms with Gasteiger partial charge in [0.1, 0.15) is 28.8 Å². The summed E-state index contributed by atoms with van der Waals surface area (Å²) < 4.78 is 4.74. The Kier molecular flexibility index (Phi) is 3.58. The van der Waals surface area contributed by atoms with Crippen LogP contribution in [0.2, 0.25) is 5.15 Å². The molecule has 0 saturated carbocycles. The third-order valence-electron chi connectivity index (χ3n) is 2.17. The van der Waals surface area contributed by atoms with Crippen LogP contribution in [0, 0.1) is 0 Å². The minimum atomic E-state index is 0.237. The molecule has 0 spiro atoms. The van der Waals surface area contributed by atoms with Crippen LogP contribution in [-0.4, -0.2) is 15.1 Å². The molecule has 6 heteroatoms. The van der Waals surface area contributed by atoms with Crippen LogP contribution in [0.3, 0.4) is 0 Å². The molecule has 5 nitrogen and oxygen atoms in total. The Bertz CT molecular complexity index is 484. The standard InChI is InChI=1S/C11H13ClN4O/c1-7(2)11-14-9(12)5-10(15-11)13-6-8-3-4-17-16-8/h3-5,7H,6H2,1-2H3,(H,13,14,15). The summed E-state index contributed by atoms with van der Waals surface area (Å²) >= 11 is 5.93. The minimum Gasteiger partial charge on any atom is -0.364 e. The van der Waals surface area contributed by atoms with Crippen molar-refractivity contribution in [3.05, 3.63) is 35.1 Å². The molecule has 0 bridgehead atoms. The van der Waals surface area contributed by atoms with E-state index in [1.54, 1.807) is 12.1 Å². The Morgan fingerprint density at radius 3 is 2.88 bits per heavy atom. The molecule has 2 rings (SSSR count). The zero-order valence-electron chi connectivity index (χ0n) is 9.64. The van der Waals surface area contributed by atoms with E-state index in [1.807, 2.05) is 13.8 Å². The van der Waals surface area contributed by atoms with Crippen molar-refractivity contribution in [3.8, 4) is 0 Å². The maximum absolute atomic E-state index is 5.93. The van der Waals surface area contributed by atoms with E-state index in [9.17, 15) is 0 Å². The maximum atomic E-state index is 5.93. The molecule has 0 fully saturated rings. The van der Waals surface area contributed by atoms with E-state index in [0.717, 1.165) is 11.5 Å². The Morgan fingerprint density at radius 1 is 1.41 bits per heavy atom. The average molecular weight is 253 g/mol. The SMILES string of the molecule is CC(C)c1nc(Cl)cc(NCc2ccon2)n1. The lowest BCUT2D eigenvalue weighted by molar-refractivity contribution is 0.412. The summed E-state index contributed by atoms with van der Waals surface area (Å²) in [5.41, 5.74) is 0.811. The van der Waals surface area contributed by atoms with E-state index in [-0.39, 0.29) is 5.92 Å². The van der Waals surface area contributed by atoms with Gasteiger partial charge in [-0.1, -0.05) is 30.6 Å². The molecule has 2 heterocycles. The molecule has 2 aromatic heterocycles. The van der Waals surface area contributed by atoms with Crippen LogP contribution in [0.5, 0.6) is 0 Å². The molecule has 17 heavy (non-hydrogen) atoms. The zero-order chi connectivity index (χ0) is 12.3. The predicted octanol–water partition coefficient (Wildman–Crippen LogP) is 2.85. The van der Waals surface area contributed by atoms with Crippen molar-refractivity contribution in [1.82, 2.24) is 15.1 Å². The van der Waals surface area contributed by atoms with Crippen LogP contribution in [0.15, 0.2) is 22.9 Å². The number of halogens is 1. The van der Waals surface area contributed by atoms with Crippen LogP contribution in [0.1, 0.15) is 31.3 Å². The molecule has 90 valence electrons. The van der Waals surface area contributed by atoms with E-state index < -0.39 is 0 Å². The van der Waals surface area contributed by atoms with Gasteiger partial charge in [0.2, 0.25) is 0 Å². The highest BCUT2D eigenvalue weighted by atomic mass is 35.5. The lowest BCUT2D eigenvalue weighted by Crippen LogP contribution is -2.05. The van der Waals surface area contributed by atoms with Crippen molar-refractivity contribution in [1.29, 1.82) is 0 Å². The Labute approximate surface area is 104 Å². The number of nitrogens with one attached hydrogen (secondary N) is 1. The molecule has 0 aliphatic carbocycles. The van der Waals surface area contributed by atoms with Crippen molar-refractivity contribution in [2.75, 3.05) is 5.32 Å². The van der Waals surface area contributed by atoms with Crippen molar-refractivity contribution in [2.24, 2.45) is 0 Å². The highest BCUT2D eigenvalue weighted by molar-refractivity contribution is 6.29. The summed E-state index contributed by atoms with van der Waals surface area (Å²) in [6.07, 6.45) is 1.53. The summed E-state index contributed by atoms with van der Waals surface area (Å²) in [5.74, 6) is 1.65. The summed E-state index contributed by atoms with van der Waals surface area (Å²) in [7, 11) is 0. The highest BCUT2D eigenvalue weighted by Crippen LogP contribution is 2.17. The minimum absolute atomic E-state index is 0.237. The van der Waals surface area contributed by atoms with Gasteiger partial charge in [0.25, 0.3) is 0 Å². The molecular weight excluding hydrogens is 240 g/mol. The van der Waals surface area contributed by atoms with Crippen molar-refractivity contribution in [3.63, 3.8) is 0 Å². The number of rotatable bonds is 4. The lowest BCUT2D eigenvalue weighted by Gasteiger charge is -2.08. The van der Waals surface area contributed by atoms with E-state index in [2.05, 4.69) is 20.4 Å². The normalized spacial score (nSPS) is 10.8. The second-order valence-electron chi connectivity index (χ2n) is 3.93. The first-order chi connectivity index (χ1) is 8.15. The second kappa shape index (κ2) is 5.14. The third-order valence-corrected chi connectivity index (χ3v) is 2.36. The Hall–Kier alpha value is -1.62. The van der Waals surface area contributed by atoms with E-state index in [1.165, 1.54) is 6.26 Å². The first kappa shape index (κ1) is 11.9. The van der Waals surface area contributed by atoms with Crippen LogP contribution >= 0.6 is 11.6 Å². The van der Waals surface area contributed by atoms with Gasteiger partial charge in [0.15, 0.2) is 0 Å². The number of hydrogen-bond donors (Lipinski definition) is 1. The van der Waals surface area contributed by atoms with Gasteiger partial charge in [0, 0.05) is 18.1 Å². The van der Waals surface area contributed by atoms with Gasteiger partial charge in [-0.2, -0.15) is 0 Å². The van der Waals surface area contributed by atoms with E-state index in [0.29, 0.717) is 17.5 Å². The van der Waals surface area contributed by atoms with Gasteiger partial charge in [-0.25, -0.2) is 9.97 Å². The molecular formula is C11H13ClN4O. The van der Waals surface area contributed by atoms with Crippen LogP contribution < -0.4 is 5.32 Å². The molecule has 0 aliphatic rings. The summed E-state index contributed by atoms with van der Waals surface area (Å²) in [4.78, 5) is 8.53. The zero-order valence-corrected chi connectivity index (χ0v) is 10.4. The van der Waals surface area contributed by atoms with Gasteiger partial charge in [-0.15, -0.1) is 0 Å². The van der Waals surface area contributed by atoms with Crippen LogP contribution in [0.4, 0.5) is 5.82 Å². The molecule has 1 N–H and O–H groups in total. The van der Waals surface area contributed by atoms with Crippen molar-refractivity contribution in [2.45, 2.75) is 26.3 Å². The smallest absolute Gasteiger partial charge is 0.135 e. The Morgan fingerprint density at radius 2 is 2.24 bits per heavy atom. The van der Waals surface area contributed by atoms with Crippen LogP contribution in [0.25, 0.3) is 0 Å². The number of nitrogens with zero attached hydrogens (tertiary/aromatic N) is 3. The van der Waals surface area contributed by atoms with Gasteiger partial charge in [-0.3, -0.25) is 0 Å². The highest BCUT2D eigenvalue weighted by Gasteiger charge is 2.07. The molecule has 0 radical (unpaired) electrons. The van der Waals surface area contributed by atoms with E-state index >= 15 is 0 Å². The fourth-order valence-corrected chi connectivity index (χ4v) is 1.48. The van der Waals surface area contributed by atoms with Gasteiger partial charge >= 0.3 is 0 Å². The molecule has 0 aromatic carbocycles. The molecule has 0 aliphatic heterocycles. The second-order valence-corrected chi connectivity index (χ2v) is 4.32. The van der Waals surface area contributed by atoms with Crippen molar-refractivity contribution >= 4 is 17.4 Å². The first-order valence-electron chi connectivity index (χ1n) is 5.33. The quantitative estimate of drug-likeness (QED) is 0.848. The third kappa shape index (κ3) is 3.17. The molecule has 0 atom stereocenters. The van der Waals surface area contributed by atoms with Gasteiger partial charge < -0.3 is 9.84 Å². The summed E-state index contributed by atoms with van der Waals surface area (Å²) in [5, 5.41) is 7.36. The lowest BCUT2D eigenvalue weighted by atomic mass is 10.2. The number of hydrogen-bond acceptors (Lipinski definition) is 5.